The molecule has 1 aromatic heterocycles. The molecule has 0 saturated heterocycles. The van der Waals surface area contributed by atoms with Gasteiger partial charge in [-0.25, -0.2) is 4.79 Å². The zero-order valence-corrected chi connectivity index (χ0v) is 10.2. The number of aromatic nitrogens is 4. The minimum absolute atomic E-state index is 0.0438. The number of rotatable bonds is 2. The van der Waals surface area contributed by atoms with Crippen LogP contribution >= 0.6 is 11.6 Å². The maximum Gasteiger partial charge on any atom is 0.352 e. The molecule has 1 aliphatic rings. The van der Waals surface area contributed by atoms with Gasteiger partial charge in [-0.3, -0.25) is 0 Å². The average molecular weight is 278 g/mol. The lowest BCUT2D eigenvalue weighted by Crippen LogP contribution is -2.24. The van der Waals surface area contributed by atoms with Gasteiger partial charge in [-0.05, 0) is 34.2 Å². The summed E-state index contributed by atoms with van der Waals surface area (Å²) in [5.41, 5.74) is 0.889. The summed E-state index contributed by atoms with van der Waals surface area (Å²) in [7, 11) is 0. The molecule has 0 bridgehead atoms. The number of nitrogens with zero attached hydrogens (tertiary/aromatic N) is 4. The minimum Gasteiger partial charge on any atom is -0.477 e. The summed E-state index contributed by atoms with van der Waals surface area (Å²) in [6.07, 6.45) is 1.55. The van der Waals surface area contributed by atoms with Crippen LogP contribution in [0.3, 0.4) is 0 Å². The fraction of sp³-hybridized carbons (Fsp3) is 0.0909. The van der Waals surface area contributed by atoms with Crippen LogP contribution in [0.1, 0.15) is 11.6 Å². The molecule has 2 heterocycles. The molecule has 8 heteroatoms. The van der Waals surface area contributed by atoms with Crippen LogP contribution in [0, 0.1) is 0 Å². The molecule has 0 aliphatic carbocycles. The number of fused-ring (bicyclic) bond motifs is 1. The summed E-state index contributed by atoms with van der Waals surface area (Å²) in [5, 5.41) is 23.5. The van der Waals surface area contributed by atoms with Gasteiger partial charge in [-0.1, -0.05) is 28.8 Å². The Morgan fingerprint density at radius 1 is 1.37 bits per heavy atom. The lowest BCUT2D eigenvalue weighted by Gasteiger charge is -2.21. The van der Waals surface area contributed by atoms with E-state index in [0.29, 0.717) is 11.0 Å². The Balaban J connectivity index is 2.09. The number of aliphatic carboxylic acids is 1. The van der Waals surface area contributed by atoms with Gasteiger partial charge >= 0.3 is 5.97 Å². The third-order valence-electron chi connectivity index (χ3n) is 2.77. The number of benzene rings is 1. The molecule has 96 valence electrons. The number of hydrogen-bond donors (Lipinski definition) is 2. The van der Waals surface area contributed by atoms with Crippen molar-refractivity contribution in [3.05, 3.63) is 46.6 Å². The van der Waals surface area contributed by atoms with Crippen molar-refractivity contribution in [2.75, 3.05) is 5.32 Å². The van der Waals surface area contributed by atoms with Crippen molar-refractivity contribution in [3.8, 4) is 0 Å². The molecule has 1 aliphatic heterocycles. The lowest BCUT2D eigenvalue weighted by atomic mass is 10.0. The number of carboxylic acids is 1. The number of tetrazole rings is 1. The Kier molecular flexibility index (Phi) is 2.68. The van der Waals surface area contributed by atoms with Crippen LogP contribution in [-0.4, -0.2) is 31.3 Å². The highest BCUT2D eigenvalue weighted by Crippen LogP contribution is 2.28. The highest BCUT2D eigenvalue weighted by atomic mass is 35.5. The topological polar surface area (TPSA) is 92.9 Å². The van der Waals surface area contributed by atoms with Crippen molar-refractivity contribution >= 4 is 23.5 Å². The normalized spacial score (nSPS) is 17.3. The van der Waals surface area contributed by atoms with Gasteiger partial charge in [0.2, 0.25) is 5.95 Å². The molecule has 1 atom stereocenters. The summed E-state index contributed by atoms with van der Waals surface area (Å²) in [4.78, 5) is 11.1. The van der Waals surface area contributed by atoms with Crippen molar-refractivity contribution in [1.29, 1.82) is 0 Å². The second-order valence-electron chi connectivity index (χ2n) is 3.95. The standard InChI is InChI=1S/C11H8ClN5O2/c12-7-3-1-6(2-4-7)9-5-8(10(18)19)13-11-14-15-16-17(9)11/h1-5,9H,(H,18,19)(H,13,14,16)/t9-/m1/s1. The summed E-state index contributed by atoms with van der Waals surface area (Å²) < 4.78 is 1.51. The molecule has 0 spiro atoms. The predicted octanol–water partition coefficient (Wildman–Crippen LogP) is 1.31. The van der Waals surface area contributed by atoms with Crippen LogP contribution in [0.4, 0.5) is 5.95 Å². The third-order valence-corrected chi connectivity index (χ3v) is 3.02. The third kappa shape index (κ3) is 2.04. The maximum absolute atomic E-state index is 11.1. The van der Waals surface area contributed by atoms with Crippen LogP contribution in [0.15, 0.2) is 36.0 Å². The highest BCUT2D eigenvalue weighted by molar-refractivity contribution is 6.30. The number of carbonyl (C=O) groups is 1. The summed E-state index contributed by atoms with van der Waals surface area (Å²) in [6.45, 7) is 0. The Morgan fingerprint density at radius 3 is 2.79 bits per heavy atom. The molecule has 7 nitrogen and oxygen atoms in total. The van der Waals surface area contributed by atoms with Crippen LogP contribution in [-0.2, 0) is 4.79 Å². The van der Waals surface area contributed by atoms with E-state index in [9.17, 15) is 4.79 Å². The fourth-order valence-electron chi connectivity index (χ4n) is 1.88. The molecule has 0 amide bonds. The summed E-state index contributed by atoms with van der Waals surface area (Å²) in [6, 6.07) is 6.70. The number of halogens is 1. The van der Waals surface area contributed by atoms with E-state index in [2.05, 4.69) is 20.8 Å². The van der Waals surface area contributed by atoms with E-state index in [1.807, 2.05) is 0 Å². The molecular weight excluding hydrogens is 270 g/mol. The molecule has 2 N–H and O–H groups in total. The van der Waals surface area contributed by atoms with Crippen LogP contribution in [0.2, 0.25) is 5.02 Å². The van der Waals surface area contributed by atoms with Gasteiger partial charge in [0.15, 0.2) is 0 Å². The molecule has 1 aromatic carbocycles. The van der Waals surface area contributed by atoms with Gasteiger partial charge in [0.1, 0.15) is 11.7 Å². The largest absolute Gasteiger partial charge is 0.477 e. The van der Waals surface area contributed by atoms with E-state index in [1.54, 1.807) is 30.3 Å². The first-order valence-corrected chi connectivity index (χ1v) is 5.78. The maximum atomic E-state index is 11.1. The smallest absolute Gasteiger partial charge is 0.352 e. The molecule has 2 aromatic rings. The highest BCUT2D eigenvalue weighted by Gasteiger charge is 2.26. The second-order valence-corrected chi connectivity index (χ2v) is 4.39. The second kappa shape index (κ2) is 4.36. The number of allylic oxidation sites excluding steroid dienone is 1. The lowest BCUT2D eigenvalue weighted by molar-refractivity contribution is -0.132. The van der Waals surface area contributed by atoms with Crippen LogP contribution in [0.5, 0.6) is 0 Å². The van der Waals surface area contributed by atoms with Gasteiger partial charge in [-0.2, -0.15) is 4.68 Å². The van der Waals surface area contributed by atoms with Crippen molar-refractivity contribution in [2.45, 2.75) is 6.04 Å². The van der Waals surface area contributed by atoms with E-state index in [-0.39, 0.29) is 11.7 Å². The first-order chi connectivity index (χ1) is 9.15. The molecule has 0 fully saturated rings. The molecule has 0 radical (unpaired) electrons. The van der Waals surface area contributed by atoms with E-state index in [4.69, 9.17) is 16.7 Å². The zero-order chi connectivity index (χ0) is 13.4. The van der Waals surface area contributed by atoms with E-state index in [1.165, 1.54) is 4.68 Å². The van der Waals surface area contributed by atoms with Gasteiger partial charge in [0.25, 0.3) is 0 Å². The predicted molar refractivity (Wildman–Crippen MR) is 66.7 cm³/mol. The Bertz CT molecular complexity index is 664. The minimum atomic E-state index is -1.06. The number of anilines is 1. The Labute approximate surface area is 112 Å². The summed E-state index contributed by atoms with van der Waals surface area (Å²) >= 11 is 5.84. The van der Waals surface area contributed by atoms with Gasteiger partial charge in [-0.15, -0.1) is 0 Å². The van der Waals surface area contributed by atoms with Crippen LogP contribution < -0.4 is 5.32 Å². The monoisotopic (exact) mass is 277 g/mol. The molecule has 19 heavy (non-hydrogen) atoms. The van der Waals surface area contributed by atoms with E-state index >= 15 is 0 Å². The Morgan fingerprint density at radius 2 is 2.11 bits per heavy atom. The van der Waals surface area contributed by atoms with Crippen molar-refractivity contribution in [1.82, 2.24) is 20.2 Å². The average Bonchev–Trinajstić information content (AvgIpc) is 2.86. The van der Waals surface area contributed by atoms with Gasteiger partial charge in [0, 0.05) is 5.02 Å². The zero-order valence-electron chi connectivity index (χ0n) is 9.49. The van der Waals surface area contributed by atoms with Crippen molar-refractivity contribution < 1.29 is 9.90 Å². The first kappa shape index (κ1) is 11.7. The van der Waals surface area contributed by atoms with Crippen molar-refractivity contribution in [3.63, 3.8) is 0 Å². The van der Waals surface area contributed by atoms with E-state index in [0.717, 1.165) is 5.56 Å². The quantitative estimate of drug-likeness (QED) is 0.860. The summed E-state index contributed by atoms with van der Waals surface area (Å²) in [5.74, 6) is -0.770. The Hall–Kier alpha value is -2.41. The molecular formula is C11H8ClN5O2. The van der Waals surface area contributed by atoms with Gasteiger partial charge < -0.3 is 10.4 Å². The SMILES string of the molecule is O=C(O)C1=C[C@H](c2ccc(Cl)cc2)n2nnnc2N1. The number of hydrogen-bond acceptors (Lipinski definition) is 5. The van der Waals surface area contributed by atoms with Crippen LogP contribution in [0.25, 0.3) is 0 Å². The fourth-order valence-corrected chi connectivity index (χ4v) is 2.00. The van der Waals surface area contributed by atoms with Crippen molar-refractivity contribution in [2.24, 2.45) is 0 Å². The van der Waals surface area contributed by atoms with E-state index < -0.39 is 5.97 Å². The van der Waals surface area contributed by atoms with Gasteiger partial charge in [0.05, 0.1) is 0 Å². The molecule has 3 rings (SSSR count). The number of nitrogens with one attached hydrogen (secondary N) is 1. The molecule has 0 unspecified atom stereocenters. The number of carboxylic acid groups (broad SMARTS) is 1. The molecule has 0 saturated carbocycles. The first-order valence-electron chi connectivity index (χ1n) is 5.40.